The maximum Gasteiger partial charge on any atom is 0.231 e. The van der Waals surface area contributed by atoms with Crippen LogP contribution in [-0.4, -0.2) is 43.9 Å². The predicted octanol–water partition coefficient (Wildman–Crippen LogP) is 3.34. The Bertz CT molecular complexity index is 876. The quantitative estimate of drug-likeness (QED) is 0.526. The smallest absolute Gasteiger partial charge is 0.231 e. The van der Waals surface area contributed by atoms with Gasteiger partial charge in [0.2, 0.25) is 6.79 Å². The number of pyridine rings is 1. The first-order valence-corrected chi connectivity index (χ1v) is 11.3. The molecule has 2 aromatic rings. The number of nitrogens with one attached hydrogen (secondary N) is 2. The molecule has 0 aliphatic carbocycles. The van der Waals surface area contributed by atoms with Gasteiger partial charge in [0.15, 0.2) is 17.5 Å². The summed E-state index contributed by atoms with van der Waals surface area (Å²) in [5.74, 6) is 4.37. The number of fused-ring (bicyclic) bond motifs is 1. The van der Waals surface area contributed by atoms with Gasteiger partial charge in [-0.1, -0.05) is 19.1 Å². The van der Waals surface area contributed by atoms with E-state index in [-0.39, 0.29) is 0 Å². The van der Waals surface area contributed by atoms with Crippen LogP contribution >= 0.6 is 0 Å². The van der Waals surface area contributed by atoms with Gasteiger partial charge >= 0.3 is 0 Å². The Morgan fingerprint density at radius 3 is 2.68 bits per heavy atom. The number of hydrogen-bond acceptors (Lipinski definition) is 5. The van der Waals surface area contributed by atoms with Crippen molar-refractivity contribution in [2.75, 3.05) is 37.9 Å². The Labute approximate surface area is 184 Å². The molecule has 7 nitrogen and oxygen atoms in total. The second-order valence-corrected chi connectivity index (χ2v) is 8.25. The maximum absolute atomic E-state index is 5.46. The fourth-order valence-electron chi connectivity index (χ4n) is 3.87. The first-order chi connectivity index (χ1) is 15.2. The van der Waals surface area contributed by atoms with Crippen molar-refractivity contribution in [3.8, 4) is 11.5 Å². The number of aliphatic imine (C=N–C) groups is 1. The van der Waals surface area contributed by atoms with Crippen LogP contribution in [-0.2, 0) is 13.0 Å². The monoisotopic (exact) mass is 423 g/mol. The van der Waals surface area contributed by atoms with Gasteiger partial charge in [-0.25, -0.2) is 9.98 Å². The van der Waals surface area contributed by atoms with E-state index >= 15 is 0 Å². The van der Waals surface area contributed by atoms with Gasteiger partial charge in [0.1, 0.15) is 5.82 Å². The zero-order valence-corrected chi connectivity index (χ0v) is 18.6. The Hall–Kier alpha value is -2.96. The molecule has 0 unspecified atom stereocenters. The number of guanidine groups is 1. The molecule has 2 N–H and O–H groups in total. The maximum atomic E-state index is 5.46. The molecule has 2 aliphatic heterocycles. The highest BCUT2D eigenvalue weighted by atomic mass is 16.7. The van der Waals surface area contributed by atoms with Gasteiger partial charge < -0.3 is 25.0 Å². The highest BCUT2D eigenvalue weighted by molar-refractivity contribution is 5.79. The van der Waals surface area contributed by atoms with Crippen molar-refractivity contribution >= 4 is 11.8 Å². The number of benzene rings is 1. The average molecular weight is 424 g/mol. The van der Waals surface area contributed by atoms with E-state index in [1.165, 1.54) is 18.4 Å². The second-order valence-electron chi connectivity index (χ2n) is 8.25. The van der Waals surface area contributed by atoms with Crippen LogP contribution in [0.3, 0.4) is 0 Å². The Morgan fingerprint density at radius 1 is 1.10 bits per heavy atom. The standard InChI is InChI=1S/C24H33N5O2/c1-3-25-24(26-11-8-19-4-6-21-22(14-19)31-17-30-21)28-16-20-5-7-23(27-15-20)29-12-9-18(2)10-13-29/h4-7,14-15,18H,3,8-13,16-17H2,1-2H3,(H2,25,26,28). The Morgan fingerprint density at radius 2 is 1.90 bits per heavy atom. The first-order valence-electron chi connectivity index (χ1n) is 11.3. The van der Waals surface area contributed by atoms with E-state index in [2.05, 4.69) is 52.6 Å². The van der Waals surface area contributed by atoms with Crippen LogP contribution in [0.25, 0.3) is 0 Å². The van der Waals surface area contributed by atoms with Crippen molar-refractivity contribution in [2.45, 2.75) is 39.7 Å². The molecule has 3 heterocycles. The molecule has 1 aromatic carbocycles. The summed E-state index contributed by atoms with van der Waals surface area (Å²) in [6.07, 6.45) is 5.33. The lowest BCUT2D eigenvalue weighted by atomic mass is 9.99. The SMILES string of the molecule is CCNC(=NCc1ccc(N2CCC(C)CC2)nc1)NCCc1ccc2c(c1)OCO2. The number of nitrogens with zero attached hydrogens (tertiary/aromatic N) is 3. The molecule has 31 heavy (non-hydrogen) atoms. The van der Waals surface area contributed by atoms with Gasteiger partial charge in [-0.15, -0.1) is 0 Å². The molecule has 1 saturated heterocycles. The Balaban J connectivity index is 1.28. The molecule has 4 rings (SSSR count). The van der Waals surface area contributed by atoms with E-state index < -0.39 is 0 Å². The minimum Gasteiger partial charge on any atom is -0.454 e. The molecule has 1 fully saturated rings. The van der Waals surface area contributed by atoms with Gasteiger partial charge in [0, 0.05) is 32.4 Å². The lowest BCUT2D eigenvalue weighted by molar-refractivity contribution is 0.174. The van der Waals surface area contributed by atoms with E-state index in [0.717, 1.165) is 67.4 Å². The summed E-state index contributed by atoms with van der Waals surface area (Å²) in [4.78, 5) is 11.8. The zero-order chi connectivity index (χ0) is 21.5. The number of ether oxygens (including phenoxy) is 2. The molecular formula is C24H33N5O2. The zero-order valence-electron chi connectivity index (χ0n) is 18.6. The van der Waals surface area contributed by atoms with Crippen molar-refractivity contribution in [1.82, 2.24) is 15.6 Å². The second kappa shape index (κ2) is 10.4. The van der Waals surface area contributed by atoms with Crippen LogP contribution in [0.4, 0.5) is 5.82 Å². The van der Waals surface area contributed by atoms with Crippen LogP contribution in [0.15, 0.2) is 41.5 Å². The van der Waals surface area contributed by atoms with Crippen LogP contribution in [0, 0.1) is 5.92 Å². The van der Waals surface area contributed by atoms with Crippen LogP contribution in [0.2, 0.25) is 0 Å². The van der Waals surface area contributed by atoms with Crippen molar-refractivity contribution in [2.24, 2.45) is 10.9 Å². The lowest BCUT2D eigenvalue weighted by Gasteiger charge is -2.31. The molecule has 0 bridgehead atoms. The summed E-state index contributed by atoms with van der Waals surface area (Å²) in [5.41, 5.74) is 2.32. The normalized spacial score (nSPS) is 16.5. The third kappa shape index (κ3) is 5.81. The number of piperidine rings is 1. The Kier molecular flexibility index (Phi) is 7.12. The minimum absolute atomic E-state index is 0.307. The molecule has 0 radical (unpaired) electrons. The molecular weight excluding hydrogens is 390 g/mol. The predicted molar refractivity (Wildman–Crippen MR) is 124 cm³/mol. The number of anilines is 1. The summed E-state index contributed by atoms with van der Waals surface area (Å²) in [5, 5.41) is 6.73. The van der Waals surface area contributed by atoms with Crippen LogP contribution in [0.5, 0.6) is 11.5 Å². The van der Waals surface area contributed by atoms with E-state index in [1.807, 2.05) is 18.3 Å². The molecule has 0 amide bonds. The van der Waals surface area contributed by atoms with Gasteiger partial charge in [0.25, 0.3) is 0 Å². The highest BCUT2D eigenvalue weighted by Gasteiger charge is 2.16. The number of rotatable bonds is 7. The summed E-state index contributed by atoms with van der Waals surface area (Å²) >= 11 is 0. The lowest BCUT2D eigenvalue weighted by Crippen LogP contribution is -2.38. The van der Waals surface area contributed by atoms with Gasteiger partial charge in [-0.05, 0) is 61.4 Å². The van der Waals surface area contributed by atoms with Crippen molar-refractivity contribution < 1.29 is 9.47 Å². The third-order valence-electron chi connectivity index (χ3n) is 5.82. The topological polar surface area (TPSA) is 71.0 Å². The summed E-state index contributed by atoms with van der Waals surface area (Å²) in [7, 11) is 0. The molecule has 2 aliphatic rings. The van der Waals surface area contributed by atoms with Crippen LogP contribution in [0.1, 0.15) is 37.8 Å². The fourth-order valence-corrected chi connectivity index (χ4v) is 3.87. The summed E-state index contributed by atoms with van der Waals surface area (Å²) in [6, 6.07) is 10.4. The van der Waals surface area contributed by atoms with E-state index in [9.17, 15) is 0 Å². The van der Waals surface area contributed by atoms with Crippen molar-refractivity contribution in [3.63, 3.8) is 0 Å². The van der Waals surface area contributed by atoms with Gasteiger partial charge in [-0.2, -0.15) is 0 Å². The highest BCUT2D eigenvalue weighted by Crippen LogP contribution is 2.32. The average Bonchev–Trinajstić information content (AvgIpc) is 3.26. The van der Waals surface area contributed by atoms with E-state index in [1.54, 1.807) is 0 Å². The van der Waals surface area contributed by atoms with E-state index in [4.69, 9.17) is 14.5 Å². The molecule has 0 saturated carbocycles. The van der Waals surface area contributed by atoms with Gasteiger partial charge in [0.05, 0.1) is 6.54 Å². The fraction of sp³-hybridized carbons (Fsp3) is 0.500. The summed E-state index contributed by atoms with van der Waals surface area (Å²) < 4.78 is 10.8. The molecule has 0 spiro atoms. The molecule has 7 heteroatoms. The number of aromatic nitrogens is 1. The number of hydrogen-bond donors (Lipinski definition) is 2. The molecule has 1 aromatic heterocycles. The van der Waals surface area contributed by atoms with Crippen molar-refractivity contribution in [3.05, 3.63) is 47.7 Å². The molecule has 166 valence electrons. The third-order valence-corrected chi connectivity index (χ3v) is 5.82. The van der Waals surface area contributed by atoms with Crippen LogP contribution < -0.4 is 25.0 Å². The van der Waals surface area contributed by atoms with Crippen molar-refractivity contribution in [1.29, 1.82) is 0 Å². The van der Waals surface area contributed by atoms with E-state index in [0.29, 0.717) is 13.3 Å². The minimum atomic E-state index is 0.307. The summed E-state index contributed by atoms with van der Waals surface area (Å²) in [6.45, 7) is 9.12. The first kappa shape index (κ1) is 21.3. The largest absolute Gasteiger partial charge is 0.454 e. The molecule has 0 atom stereocenters. The van der Waals surface area contributed by atoms with Gasteiger partial charge in [-0.3, -0.25) is 0 Å².